The number of hydroxylamine groups is 2. The zero-order valence-electron chi connectivity index (χ0n) is 13.5. The highest BCUT2D eigenvalue weighted by Crippen LogP contribution is 2.40. The minimum Gasteiger partial charge on any atom is -0.782 e. The van der Waals surface area contributed by atoms with Crippen molar-refractivity contribution in [1.29, 1.82) is 0 Å². The molecule has 0 bridgehead atoms. The summed E-state index contributed by atoms with van der Waals surface area (Å²) in [6.45, 7) is 3.24. The molecule has 0 amide bonds. The molecule has 0 saturated heterocycles. The fourth-order valence-corrected chi connectivity index (χ4v) is 3.78. The Labute approximate surface area is 158 Å². The summed E-state index contributed by atoms with van der Waals surface area (Å²) in [5, 5.41) is 14.1. The van der Waals surface area contributed by atoms with Crippen LogP contribution in [0.1, 0.15) is 30.5 Å². The molecule has 1 aliphatic heterocycles. The first-order chi connectivity index (χ1) is 11.9. The number of carbonyl (C=O) groups excluding carboxylic acids is 1. The summed E-state index contributed by atoms with van der Waals surface area (Å²) in [7, 11) is 0. The Morgan fingerprint density at radius 3 is 2.72 bits per heavy atom. The lowest BCUT2D eigenvalue weighted by molar-refractivity contribution is 0.134. The van der Waals surface area contributed by atoms with Crippen LogP contribution >= 0.6 is 27.5 Å². The Morgan fingerprint density at radius 2 is 2.04 bits per heavy atom. The molecule has 128 valence electrons. The fourth-order valence-electron chi connectivity index (χ4n) is 3.00. The average Bonchev–Trinajstić information content (AvgIpc) is 2.66. The van der Waals surface area contributed by atoms with Gasteiger partial charge in [0.05, 0.1) is 11.9 Å². The van der Waals surface area contributed by atoms with Crippen LogP contribution in [0.2, 0.25) is 5.02 Å². The van der Waals surface area contributed by atoms with Crippen LogP contribution in [0.25, 0.3) is 0 Å². The minimum absolute atomic E-state index is 0.523. The van der Waals surface area contributed by atoms with Gasteiger partial charge in [0.15, 0.2) is 0 Å². The predicted molar refractivity (Wildman–Crippen MR) is 101 cm³/mol. The van der Waals surface area contributed by atoms with Gasteiger partial charge >= 0.3 is 0 Å². The van der Waals surface area contributed by atoms with E-state index in [2.05, 4.69) is 25.9 Å². The summed E-state index contributed by atoms with van der Waals surface area (Å²) in [5.74, 6) is 0. The Morgan fingerprint density at radius 1 is 1.32 bits per heavy atom. The summed E-state index contributed by atoms with van der Waals surface area (Å²) >= 11 is 9.91. The van der Waals surface area contributed by atoms with E-state index < -0.39 is 11.8 Å². The molecule has 2 aromatic rings. The topological polar surface area (TPSA) is 68.1 Å². The highest BCUT2D eigenvalue weighted by atomic mass is 79.9. The molecular formula is C18H14BrClN3O2-. The van der Waals surface area contributed by atoms with Gasteiger partial charge in [0.1, 0.15) is 5.66 Å². The summed E-state index contributed by atoms with van der Waals surface area (Å²) < 4.78 is 0.735. The smallest absolute Gasteiger partial charge is 0.237 e. The van der Waals surface area contributed by atoms with Gasteiger partial charge in [-0.3, -0.25) is 4.99 Å². The van der Waals surface area contributed by atoms with Gasteiger partial charge in [0.25, 0.3) is 0 Å². The van der Waals surface area contributed by atoms with Gasteiger partial charge in [-0.1, -0.05) is 57.9 Å². The maximum Gasteiger partial charge on any atom is 0.237 e. The van der Waals surface area contributed by atoms with E-state index in [-0.39, 0.29) is 0 Å². The van der Waals surface area contributed by atoms with Crippen LogP contribution in [0.5, 0.6) is 0 Å². The molecule has 0 aromatic heterocycles. The Balaban J connectivity index is 2.40. The van der Waals surface area contributed by atoms with Gasteiger partial charge in [0.2, 0.25) is 6.08 Å². The van der Waals surface area contributed by atoms with Crippen LogP contribution in [0.15, 0.2) is 56.9 Å². The first kappa shape index (κ1) is 18.0. The van der Waals surface area contributed by atoms with Gasteiger partial charge < -0.3 is 10.3 Å². The molecule has 3 rings (SSSR count). The largest absolute Gasteiger partial charge is 0.782 e. The second-order valence-electron chi connectivity index (χ2n) is 5.80. The van der Waals surface area contributed by atoms with Gasteiger partial charge in [-0.15, -0.1) is 0 Å². The third-order valence-electron chi connectivity index (χ3n) is 4.24. The fraction of sp³-hybridized carbons (Fsp3) is 0.222. The highest BCUT2D eigenvalue weighted by Gasteiger charge is 2.37. The zero-order chi connectivity index (χ0) is 18.2. The van der Waals surface area contributed by atoms with Crippen LogP contribution in [0.3, 0.4) is 0 Å². The van der Waals surface area contributed by atoms with Crippen LogP contribution in [-0.2, 0) is 10.5 Å². The number of hydrogen-bond acceptors (Lipinski definition) is 5. The summed E-state index contributed by atoms with van der Waals surface area (Å²) in [6, 6.07) is 12.7. The van der Waals surface area contributed by atoms with E-state index in [9.17, 15) is 10.0 Å². The van der Waals surface area contributed by atoms with E-state index in [1.54, 1.807) is 32.0 Å². The van der Waals surface area contributed by atoms with Crippen molar-refractivity contribution in [2.24, 2.45) is 9.98 Å². The van der Waals surface area contributed by atoms with Gasteiger partial charge in [-0.2, -0.15) is 4.99 Å². The molecule has 2 aromatic carbocycles. The van der Waals surface area contributed by atoms with Crippen molar-refractivity contribution in [3.8, 4) is 0 Å². The van der Waals surface area contributed by atoms with Crippen molar-refractivity contribution < 1.29 is 4.79 Å². The van der Waals surface area contributed by atoms with Crippen molar-refractivity contribution in [2.45, 2.75) is 25.7 Å². The van der Waals surface area contributed by atoms with E-state index in [0.29, 0.717) is 32.5 Å². The molecule has 25 heavy (non-hydrogen) atoms. The maximum absolute atomic E-state index is 12.9. The third-order valence-corrected chi connectivity index (χ3v) is 5.23. The maximum atomic E-state index is 12.9. The molecule has 0 aliphatic carbocycles. The highest BCUT2D eigenvalue weighted by molar-refractivity contribution is 9.10. The van der Waals surface area contributed by atoms with E-state index in [1.165, 1.54) is 6.08 Å². The minimum atomic E-state index is -1.44. The van der Waals surface area contributed by atoms with Gasteiger partial charge in [-0.25, -0.2) is 4.79 Å². The Hall–Kier alpha value is -1.82. The number of fused-ring (bicyclic) bond motifs is 1. The molecule has 0 saturated carbocycles. The number of rotatable bonds is 2. The number of hydrogen-bond donors (Lipinski definition) is 0. The molecule has 0 N–H and O–H groups in total. The molecule has 0 radical (unpaired) electrons. The third kappa shape index (κ3) is 2.97. The molecular weight excluding hydrogens is 406 g/mol. The second-order valence-corrected chi connectivity index (χ2v) is 7.06. The lowest BCUT2D eigenvalue weighted by atomic mass is 9.91. The quantitative estimate of drug-likeness (QED) is 0.527. The summed E-state index contributed by atoms with van der Waals surface area (Å²) in [5.41, 5.74) is 1.08. The van der Waals surface area contributed by atoms with E-state index in [4.69, 9.17) is 11.6 Å². The van der Waals surface area contributed by atoms with E-state index in [1.807, 2.05) is 24.3 Å². The predicted octanol–water partition coefficient (Wildman–Crippen LogP) is 4.61. The molecule has 2 atom stereocenters. The molecule has 0 spiro atoms. The van der Waals surface area contributed by atoms with Crippen LogP contribution < -0.4 is 0 Å². The van der Waals surface area contributed by atoms with Crippen LogP contribution in [0.4, 0.5) is 0 Å². The molecule has 2 unspecified atom stereocenters. The van der Waals surface area contributed by atoms with Gasteiger partial charge in [0, 0.05) is 26.2 Å². The van der Waals surface area contributed by atoms with E-state index in [0.717, 1.165) is 4.47 Å². The second kappa shape index (κ2) is 6.83. The van der Waals surface area contributed by atoms with Crippen LogP contribution in [0, 0.1) is 5.21 Å². The number of isocyanates is 1. The number of aliphatic imine (C=N–C) groups is 2. The summed E-state index contributed by atoms with van der Waals surface area (Å²) in [4.78, 5) is 19.4. The first-order valence-corrected chi connectivity index (χ1v) is 8.75. The SMILES string of the molecule is CC1N=C(c2ccccc2Cl)c2c(Br)cccc2C(C)(N=C=O)N1[O-]. The molecule has 1 heterocycles. The van der Waals surface area contributed by atoms with Gasteiger partial charge in [-0.05, 0) is 26.0 Å². The average molecular weight is 420 g/mol. The number of halogens is 2. The number of nitrogens with zero attached hydrogens (tertiary/aromatic N) is 3. The monoisotopic (exact) mass is 418 g/mol. The van der Waals surface area contributed by atoms with Crippen molar-refractivity contribution in [2.75, 3.05) is 0 Å². The van der Waals surface area contributed by atoms with Crippen molar-refractivity contribution >= 4 is 39.3 Å². The van der Waals surface area contributed by atoms with Crippen molar-refractivity contribution in [3.05, 3.63) is 73.9 Å². The van der Waals surface area contributed by atoms with Crippen LogP contribution in [-0.4, -0.2) is 23.0 Å². The Kier molecular flexibility index (Phi) is 4.91. The standard InChI is InChI=1S/C18H14BrClN3O2/c1-11-22-17(12-6-3-4-9-15(12)20)16-13(7-5-8-14(16)19)18(2,21-10-24)23(11)25/h3-9,11H,1-2H3/q-1. The zero-order valence-corrected chi connectivity index (χ0v) is 15.9. The molecule has 0 fully saturated rings. The summed E-state index contributed by atoms with van der Waals surface area (Å²) in [6.07, 6.45) is 0.753. The molecule has 5 nitrogen and oxygen atoms in total. The number of benzene rings is 2. The Bertz CT molecular complexity index is 911. The molecule has 1 aliphatic rings. The van der Waals surface area contributed by atoms with Crippen molar-refractivity contribution in [3.63, 3.8) is 0 Å². The first-order valence-electron chi connectivity index (χ1n) is 7.57. The molecule has 7 heteroatoms. The lowest BCUT2D eigenvalue weighted by Gasteiger charge is -2.44. The van der Waals surface area contributed by atoms with Crippen molar-refractivity contribution in [1.82, 2.24) is 5.06 Å². The lowest BCUT2D eigenvalue weighted by Crippen LogP contribution is -2.42. The van der Waals surface area contributed by atoms with E-state index >= 15 is 0 Å². The normalized spacial score (nSPS) is 23.2.